The SMILES string of the molecule is Cc1cc(NC(=O)c2cccc(S(=O)(=O)N3CCCCC3C)c2)n(Cc2ccccc2)n1. The lowest BCUT2D eigenvalue weighted by atomic mass is 10.1. The summed E-state index contributed by atoms with van der Waals surface area (Å²) < 4.78 is 29.6. The molecule has 2 aromatic carbocycles. The maximum absolute atomic E-state index is 13.2. The van der Waals surface area contributed by atoms with Crippen LogP contribution < -0.4 is 5.32 Å². The lowest BCUT2D eigenvalue weighted by molar-refractivity contribution is 0.102. The van der Waals surface area contributed by atoms with Gasteiger partial charge in [-0.25, -0.2) is 13.1 Å². The molecule has 32 heavy (non-hydrogen) atoms. The van der Waals surface area contributed by atoms with E-state index < -0.39 is 10.0 Å². The lowest BCUT2D eigenvalue weighted by Gasteiger charge is -2.32. The Kier molecular flexibility index (Phi) is 6.43. The van der Waals surface area contributed by atoms with Gasteiger partial charge in [-0.1, -0.05) is 42.8 Å². The summed E-state index contributed by atoms with van der Waals surface area (Å²) in [6, 6.07) is 17.9. The molecule has 1 aliphatic heterocycles. The fraction of sp³-hybridized carbons (Fsp3) is 0.333. The highest BCUT2D eigenvalue weighted by molar-refractivity contribution is 7.89. The third kappa shape index (κ3) is 4.76. The molecule has 0 bridgehead atoms. The summed E-state index contributed by atoms with van der Waals surface area (Å²) >= 11 is 0. The van der Waals surface area contributed by atoms with E-state index in [0.717, 1.165) is 30.5 Å². The Morgan fingerprint density at radius 1 is 1.09 bits per heavy atom. The van der Waals surface area contributed by atoms with Gasteiger partial charge in [-0.15, -0.1) is 0 Å². The first kappa shape index (κ1) is 22.2. The first-order valence-corrected chi connectivity index (χ1v) is 12.3. The van der Waals surface area contributed by atoms with Crippen LogP contribution in [-0.2, 0) is 16.6 Å². The molecule has 2 heterocycles. The molecule has 0 saturated carbocycles. The highest BCUT2D eigenvalue weighted by Crippen LogP contribution is 2.26. The molecule has 1 aliphatic rings. The molecule has 8 heteroatoms. The first-order valence-electron chi connectivity index (χ1n) is 10.9. The molecule has 1 N–H and O–H groups in total. The Labute approximate surface area is 189 Å². The Morgan fingerprint density at radius 2 is 1.88 bits per heavy atom. The van der Waals surface area contributed by atoms with Crippen molar-refractivity contribution in [3.8, 4) is 0 Å². The number of anilines is 1. The number of sulfonamides is 1. The molecule has 1 saturated heterocycles. The minimum atomic E-state index is -3.65. The standard InChI is InChI=1S/C24H28N4O3S/c1-18-15-23(27(26-18)17-20-10-4-3-5-11-20)25-24(29)21-12-8-13-22(16-21)32(30,31)28-14-7-6-9-19(28)2/h3-5,8,10-13,15-16,19H,6-7,9,14,17H2,1-2H3,(H,25,29). The number of hydrogen-bond donors (Lipinski definition) is 1. The third-order valence-corrected chi connectivity index (χ3v) is 7.77. The second-order valence-corrected chi connectivity index (χ2v) is 10.1. The molecular formula is C24H28N4O3S. The van der Waals surface area contributed by atoms with E-state index in [1.54, 1.807) is 33.3 Å². The van der Waals surface area contributed by atoms with Crippen molar-refractivity contribution >= 4 is 21.7 Å². The number of hydrogen-bond acceptors (Lipinski definition) is 4. The highest BCUT2D eigenvalue weighted by atomic mass is 32.2. The molecule has 0 spiro atoms. The number of benzene rings is 2. The Balaban J connectivity index is 1.55. The van der Waals surface area contributed by atoms with Crippen LogP contribution in [-0.4, -0.2) is 41.0 Å². The van der Waals surface area contributed by atoms with E-state index in [0.29, 0.717) is 24.5 Å². The minimum Gasteiger partial charge on any atom is -0.307 e. The molecule has 7 nitrogen and oxygen atoms in total. The van der Waals surface area contributed by atoms with Crippen molar-refractivity contribution in [2.45, 2.75) is 50.6 Å². The van der Waals surface area contributed by atoms with Gasteiger partial charge in [-0.3, -0.25) is 4.79 Å². The number of carbonyl (C=O) groups is 1. The minimum absolute atomic E-state index is 0.0402. The van der Waals surface area contributed by atoms with Crippen LogP contribution in [0.3, 0.4) is 0 Å². The molecule has 1 aromatic heterocycles. The van der Waals surface area contributed by atoms with Gasteiger partial charge in [-0.2, -0.15) is 9.40 Å². The number of amides is 1. The van der Waals surface area contributed by atoms with Crippen molar-refractivity contribution in [2.75, 3.05) is 11.9 Å². The predicted molar refractivity (Wildman–Crippen MR) is 124 cm³/mol. The first-order chi connectivity index (χ1) is 15.3. The molecule has 1 atom stereocenters. The van der Waals surface area contributed by atoms with Gasteiger partial charge in [0.2, 0.25) is 10.0 Å². The van der Waals surface area contributed by atoms with Crippen LogP contribution in [0.1, 0.15) is 47.8 Å². The van der Waals surface area contributed by atoms with Gasteiger partial charge in [0.25, 0.3) is 5.91 Å². The van der Waals surface area contributed by atoms with E-state index in [2.05, 4.69) is 10.4 Å². The smallest absolute Gasteiger partial charge is 0.256 e. The molecule has 0 radical (unpaired) electrons. The molecule has 1 unspecified atom stereocenters. The van der Waals surface area contributed by atoms with E-state index in [9.17, 15) is 13.2 Å². The summed E-state index contributed by atoms with van der Waals surface area (Å²) in [7, 11) is -3.65. The van der Waals surface area contributed by atoms with Crippen LogP contribution >= 0.6 is 0 Å². The van der Waals surface area contributed by atoms with E-state index >= 15 is 0 Å². The summed E-state index contributed by atoms with van der Waals surface area (Å²) in [4.78, 5) is 13.1. The maximum Gasteiger partial charge on any atom is 0.256 e. The van der Waals surface area contributed by atoms with Crippen LogP contribution in [0, 0.1) is 6.92 Å². The normalized spacial score (nSPS) is 17.2. The second-order valence-electron chi connectivity index (χ2n) is 8.26. The topological polar surface area (TPSA) is 84.3 Å². The molecule has 1 amide bonds. The van der Waals surface area contributed by atoms with Gasteiger partial charge in [0, 0.05) is 24.2 Å². The second kappa shape index (κ2) is 9.26. The number of aryl methyl sites for hydroxylation is 1. The fourth-order valence-corrected chi connectivity index (χ4v) is 5.82. The molecule has 168 valence electrons. The monoisotopic (exact) mass is 452 g/mol. The van der Waals surface area contributed by atoms with Crippen molar-refractivity contribution in [1.29, 1.82) is 0 Å². The van der Waals surface area contributed by atoms with Gasteiger partial charge in [0.1, 0.15) is 5.82 Å². The molecule has 4 rings (SSSR count). The summed E-state index contributed by atoms with van der Waals surface area (Å²) in [5, 5.41) is 7.37. The predicted octanol–water partition coefficient (Wildman–Crippen LogP) is 4.06. The van der Waals surface area contributed by atoms with E-state index in [1.807, 2.05) is 44.2 Å². The quantitative estimate of drug-likeness (QED) is 0.611. The molecule has 0 aliphatic carbocycles. The van der Waals surface area contributed by atoms with Crippen molar-refractivity contribution in [2.24, 2.45) is 0 Å². The zero-order valence-electron chi connectivity index (χ0n) is 18.4. The van der Waals surface area contributed by atoms with Gasteiger partial charge in [0.05, 0.1) is 17.1 Å². The van der Waals surface area contributed by atoms with Crippen LogP contribution in [0.4, 0.5) is 5.82 Å². The number of nitrogens with zero attached hydrogens (tertiary/aromatic N) is 3. The maximum atomic E-state index is 13.2. The van der Waals surface area contributed by atoms with Crippen LogP contribution in [0.5, 0.6) is 0 Å². The summed E-state index contributed by atoms with van der Waals surface area (Å²) in [6.07, 6.45) is 2.74. The average molecular weight is 453 g/mol. The van der Waals surface area contributed by atoms with Crippen molar-refractivity contribution in [3.63, 3.8) is 0 Å². The Morgan fingerprint density at radius 3 is 2.62 bits per heavy atom. The lowest BCUT2D eigenvalue weighted by Crippen LogP contribution is -2.41. The number of rotatable bonds is 6. The van der Waals surface area contributed by atoms with Gasteiger partial charge < -0.3 is 5.32 Å². The number of carbonyl (C=O) groups excluding carboxylic acids is 1. The largest absolute Gasteiger partial charge is 0.307 e. The third-order valence-electron chi connectivity index (χ3n) is 5.76. The fourth-order valence-electron chi connectivity index (χ4n) is 4.07. The van der Waals surface area contributed by atoms with E-state index in [4.69, 9.17) is 0 Å². The Hall–Kier alpha value is -2.97. The van der Waals surface area contributed by atoms with Gasteiger partial charge in [-0.05, 0) is 50.5 Å². The zero-order valence-corrected chi connectivity index (χ0v) is 19.2. The van der Waals surface area contributed by atoms with Crippen LogP contribution in [0.25, 0.3) is 0 Å². The number of aromatic nitrogens is 2. The Bertz CT molecular complexity index is 1200. The van der Waals surface area contributed by atoms with Crippen molar-refractivity contribution < 1.29 is 13.2 Å². The summed E-state index contributed by atoms with van der Waals surface area (Å²) in [6.45, 7) is 4.83. The zero-order chi connectivity index (χ0) is 22.7. The van der Waals surface area contributed by atoms with Gasteiger partial charge in [0.15, 0.2) is 0 Å². The molecular weight excluding hydrogens is 424 g/mol. The highest BCUT2D eigenvalue weighted by Gasteiger charge is 2.31. The molecule has 3 aromatic rings. The van der Waals surface area contributed by atoms with E-state index in [-0.39, 0.29) is 16.8 Å². The van der Waals surface area contributed by atoms with Crippen LogP contribution in [0.2, 0.25) is 0 Å². The van der Waals surface area contributed by atoms with Crippen LogP contribution in [0.15, 0.2) is 65.6 Å². The van der Waals surface area contributed by atoms with Crippen molar-refractivity contribution in [1.82, 2.24) is 14.1 Å². The van der Waals surface area contributed by atoms with E-state index in [1.165, 1.54) is 6.07 Å². The molecule has 1 fully saturated rings. The van der Waals surface area contributed by atoms with Gasteiger partial charge >= 0.3 is 0 Å². The number of piperidine rings is 1. The number of nitrogens with one attached hydrogen (secondary N) is 1. The summed E-state index contributed by atoms with van der Waals surface area (Å²) in [5.41, 5.74) is 2.14. The average Bonchev–Trinajstić information content (AvgIpc) is 3.13. The van der Waals surface area contributed by atoms with Crippen molar-refractivity contribution in [3.05, 3.63) is 77.5 Å². The summed E-state index contributed by atoms with van der Waals surface area (Å²) in [5.74, 6) is 0.192.